The summed E-state index contributed by atoms with van der Waals surface area (Å²) in [6.07, 6.45) is 2.07. The summed E-state index contributed by atoms with van der Waals surface area (Å²) in [5.74, 6) is -0.582. The second-order valence-corrected chi connectivity index (χ2v) is 12.1. The third-order valence-corrected chi connectivity index (χ3v) is 8.29. The zero-order valence-electron chi connectivity index (χ0n) is 23.8. The SMILES string of the molecule is C[C@@H]1CN([C@@H](C)CO)C(=O)Cc2cc(NS(=O)(=O)c3cn(C)cn3)ccc2O[C@@H]1CN(C)C(=O)Nc1ccc(F)cc1. The number of sulfonamides is 1. The Hall–Kier alpha value is -4.17. The molecule has 12 nitrogen and oxygen atoms in total. The van der Waals surface area contributed by atoms with Crippen LogP contribution in [0.25, 0.3) is 0 Å². The standard InChI is InChI=1S/C28H35FN6O6S/c1-18-13-35(19(2)16-36)27(37)12-20-11-23(32-42(39,40)26-15-33(3)17-30-26)9-10-24(20)41-25(18)14-34(4)28(38)31-22-7-5-21(29)6-8-22/h5-11,15,17-19,25,32,36H,12-14,16H2,1-4H3,(H,31,38)/t18-,19+,25-/m1/s1. The molecule has 3 aromatic rings. The van der Waals surface area contributed by atoms with Crippen molar-refractivity contribution < 1.29 is 32.2 Å². The monoisotopic (exact) mass is 602 g/mol. The van der Waals surface area contributed by atoms with Crippen LogP contribution in [0, 0.1) is 11.7 Å². The second-order valence-electron chi connectivity index (χ2n) is 10.5. The summed E-state index contributed by atoms with van der Waals surface area (Å²) in [6, 6.07) is 9.13. The molecule has 2 heterocycles. The van der Waals surface area contributed by atoms with Gasteiger partial charge in [-0.3, -0.25) is 9.52 Å². The maximum Gasteiger partial charge on any atom is 0.321 e. The summed E-state index contributed by atoms with van der Waals surface area (Å²) >= 11 is 0. The number of urea groups is 1. The van der Waals surface area contributed by atoms with Gasteiger partial charge >= 0.3 is 6.03 Å². The number of benzene rings is 2. The first kappa shape index (κ1) is 30.8. The maximum absolute atomic E-state index is 13.4. The van der Waals surface area contributed by atoms with Crippen LogP contribution in [0.2, 0.25) is 0 Å². The van der Waals surface area contributed by atoms with Crippen molar-refractivity contribution in [3.8, 4) is 5.75 Å². The normalized spacial score (nSPS) is 18.1. The van der Waals surface area contributed by atoms with Crippen molar-refractivity contribution in [1.82, 2.24) is 19.4 Å². The maximum atomic E-state index is 13.4. The molecule has 0 fully saturated rings. The lowest BCUT2D eigenvalue weighted by atomic mass is 10.0. The van der Waals surface area contributed by atoms with E-state index in [1.54, 1.807) is 32.0 Å². The van der Waals surface area contributed by atoms with Gasteiger partial charge in [0.1, 0.15) is 17.7 Å². The van der Waals surface area contributed by atoms with Gasteiger partial charge in [-0.1, -0.05) is 6.92 Å². The number of nitrogens with zero attached hydrogens (tertiary/aromatic N) is 4. The molecular formula is C28H35FN6O6S. The van der Waals surface area contributed by atoms with Gasteiger partial charge in [-0.05, 0) is 49.4 Å². The molecule has 0 saturated carbocycles. The number of ether oxygens (including phenoxy) is 1. The van der Waals surface area contributed by atoms with E-state index in [2.05, 4.69) is 15.0 Å². The number of fused-ring (bicyclic) bond motifs is 1. The summed E-state index contributed by atoms with van der Waals surface area (Å²) in [5.41, 5.74) is 1.09. The van der Waals surface area contributed by atoms with Crippen molar-refractivity contribution in [2.24, 2.45) is 13.0 Å². The van der Waals surface area contributed by atoms with Crippen LogP contribution in [0.4, 0.5) is 20.6 Å². The van der Waals surface area contributed by atoms with Crippen LogP contribution in [0.5, 0.6) is 5.75 Å². The van der Waals surface area contributed by atoms with E-state index in [4.69, 9.17) is 4.74 Å². The zero-order valence-corrected chi connectivity index (χ0v) is 24.6. The lowest BCUT2D eigenvalue weighted by Gasteiger charge is -2.34. The molecule has 0 unspecified atom stereocenters. The summed E-state index contributed by atoms with van der Waals surface area (Å²) in [6.45, 7) is 3.77. The van der Waals surface area contributed by atoms with E-state index in [0.29, 0.717) is 17.0 Å². The molecule has 0 saturated heterocycles. The van der Waals surface area contributed by atoms with E-state index in [1.807, 2.05) is 6.92 Å². The van der Waals surface area contributed by atoms with Gasteiger partial charge < -0.3 is 29.5 Å². The smallest absolute Gasteiger partial charge is 0.321 e. The van der Waals surface area contributed by atoms with Crippen molar-refractivity contribution in [1.29, 1.82) is 0 Å². The van der Waals surface area contributed by atoms with Crippen LogP contribution in [0.3, 0.4) is 0 Å². The highest BCUT2D eigenvalue weighted by Crippen LogP contribution is 2.30. The van der Waals surface area contributed by atoms with Crippen LogP contribution < -0.4 is 14.8 Å². The van der Waals surface area contributed by atoms with Gasteiger partial charge in [0.25, 0.3) is 10.0 Å². The number of aromatic nitrogens is 2. The largest absolute Gasteiger partial charge is 0.488 e. The van der Waals surface area contributed by atoms with Crippen LogP contribution >= 0.6 is 0 Å². The summed E-state index contributed by atoms with van der Waals surface area (Å²) < 4.78 is 49.4. The minimum Gasteiger partial charge on any atom is -0.488 e. The van der Waals surface area contributed by atoms with E-state index in [0.717, 1.165) is 0 Å². The number of hydrogen-bond acceptors (Lipinski definition) is 7. The number of halogens is 1. The highest BCUT2D eigenvalue weighted by molar-refractivity contribution is 7.92. The number of aliphatic hydroxyl groups is 1. The van der Waals surface area contributed by atoms with Crippen LogP contribution in [-0.2, 0) is 28.3 Å². The first-order chi connectivity index (χ1) is 19.9. The molecule has 0 aliphatic carbocycles. The number of aliphatic hydroxyl groups excluding tert-OH is 1. The van der Waals surface area contributed by atoms with E-state index < -0.39 is 34.0 Å². The predicted octanol–water partition coefficient (Wildman–Crippen LogP) is 2.67. The molecule has 0 radical (unpaired) electrons. The Kier molecular flexibility index (Phi) is 9.36. The third kappa shape index (κ3) is 7.36. The summed E-state index contributed by atoms with van der Waals surface area (Å²) in [5, 5.41) is 12.4. The first-order valence-corrected chi connectivity index (χ1v) is 14.8. The topological polar surface area (TPSA) is 146 Å². The zero-order chi connectivity index (χ0) is 30.6. The average molecular weight is 603 g/mol. The summed E-state index contributed by atoms with van der Waals surface area (Å²) in [4.78, 5) is 33.2. The third-order valence-electron chi connectivity index (χ3n) is 7.02. The van der Waals surface area contributed by atoms with Crippen molar-refractivity contribution in [2.45, 2.75) is 37.4 Å². The van der Waals surface area contributed by atoms with Crippen molar-refractivity contribution in [2.75, 3.05) is 36.8 Å². The first-order valence-electron chi connectivity index (χ1n) is 13.3. The van der Waals surface area contributed by atoms with Gasteiger partial charge in [-0.2, -0.15) is 8.42 Å². The molecule has 0 spiro atoms. The number of imidazole rings is 1. The molecule has 0 bridgehead atoms. The number of likely N-dealkylation sites (N-methyl/N-ethyl adjacent to an activating group) is 1. The molecule has 1 aliphatic heterocycles. The van der Waals surface area contributed by atoms with E-state index in [-0.39, 0.29) is 48.7 Å². The molecule has 1 aliphatic rings. The van der Waals surface area contributed by atoms with Crippen molar-refractivity contribution >= 4 is 33.3 Å². The van der Waals surface area contributed by atoms with Crippen LogP contribution in [0.1, 0.15) is 19.4 Å². The van der Waals surface area contributed by atoms with E-state index in [1.165, 1.54) is 58.4 Å². The Labute approximate surface area is 244 Å². The van der Waals surface area contributed by atoms with Gasteiger partial charge in [-0.25, -0.2) is 14.2 Å². The molecule has 226 valence electrons. The molecule has 1 aromatic heterocycles. The Morgan fingerprint density at radius 2 is 1.93 bits per heavy atom. The van der Waals surface area contributed by atoms with Gasteiger partial charge in [0.2, 0.25) is 5.91 Å². The van der Waals surface area contributed by atoms with Crippen molar-refractivity contribution in [3.05, 3.63) is 66.4 Å². The quantitative estimate of drug-likeness (QED) is 0.359. The molecule has 3 amide bonds. The predicted molar refractivity (Wildman–Crippen MR) is 154 cm³/mol. The molecule has 2 aromatic carbocycles. The number of anilines is 2. The number of aryl methyl sites for hydroxylation is 1. The highest BCUT2D eigenvalue weighted by atomic mass is 32.2. The number of rotatable bonds is 8. The number of nitrogens with one attached hydrogen (secondary N) is 2. The van der Waals surface area contributed by atoms with Crippen LogP contribution in [0.15, 0.2) is 60.0 Å². The Bertz CT molecular complexity index is 1530. The number of amides is 3. The molecule has 3 atom stereocenters. The Balaban J connectivity index is 1.61. The fourth-order valence-electron chi connectivity index (χ4n) is 4.55. The van der Waals surface area contributed by atoms with Gasteiger partial charge in [0, 0.05) is 49.7 Å². The number of hydrogen-bond donors (Lipinski definition) is 3. The van der Waals surface area contributed by atoms with E-state index >= 15 is 0 Å². The molecule has 14 heteroatoms. The van der Waals surface area contributed by atoms with Gasteiger partial charge in [0.05, 0.1) is 31.9 Å². The fraction of sp³-hybridized carbons (Fsp3) is 0.393. The second kappa shape index (κ2) is 12.8. The Morgan fingerprint density at radius 3 is 2.57 bits per heavy atom. The highest BCUT2D eigenvalue weighted by Gasteiger charge is 2.32. The van der Waals surface area contributed by atoms with Gasteiger partial charge in [0.15, 0.2) is 5.03 Å². The number of carbonyl (C=O) groups excluding carboxylic acids is 2. The lowest BCUT2D eigenvalue weighted by Crippen LogP contribution is -2.48. The minimum absolute atomic E-state index is 0.0981. The van der Waals surface area contributed by atoms with Crippen molar-refractivity contribution in [3.63, 3.8) is 0 Å². The molecule has 42 heavy (non-hydrogen) atoms. The molecule has 4 rings (SSSR count). The number of carbonyl (C=O) groups is 2. The fourth-order valence-corrected chi connectivity index (χ4v) is 5.58. The Morgan fingerprint density at radius 1 is 1.24 bits per heavy atom. The minimum atomic E-state index is -3.98. The average Bonchev–Trinajstić information content (AvgIpc) is 3.41. The molecule has 3 N–H and O–H groups in total. The van der Waals surface area contributed by atoms with Crippen LogP contribution in [-0.4, -0.2) is 83.7 Å². The lowest BCUT2D eigenvalue weighted by molar-refractivity contribution is -0.134. The van der Waals surface area contributed by atoms with E-state index in [9.17, 15) is 27.5 Å². The van der Waals surface area contributed by atoms with Gasteiger partial charge in [-0.15, -0.1) is 0 Å². The summed E-state index contributed by atoms with van der Waals surface area (Å²) in [7, 11) is -0.730. The molecular weight excluding hydrogens is 567 g/mol.